The van der Waals surface area contributed by atoms with Gasteiger partial charge in [0.05, 0.1) is 18.8 Å². The van der Waals surface area contributed by atoms with Crippen LogP contribution in [0.2, 0.25) is 0 Å². The SMILES string of the molecule is CC1C(CN2CCCCC2)OC(c2cccc(-c3cccc(CN)c3)c2)OC1c1ccc(CO)cc1. The van der Waals surface area contributed by atoms with Crippen LogP contribution < -0.4 is 5.73 Å². The van der Waals surface area contributed by atoms with Crippen molar-refractivity contribution >= 4 is 0 Å². The Labute approximate surface area is 214 Å². The maximum atomic E-state index is 9.50. The molecule has 0 aromatic heterocycles. The van der Waals surface area contributed by atoms with Crippen molar-refractivity contribution in [2.45, 2.75) is 57.8 Å². The van der Waals surface area contributed by atoms with Crippen molar-refractivity contribution < 1.29 is 14.6 Å². The average molecular weight is 487 g/mol. The van der Waals surface area contributed by atoms with Crippen molar-refractivity contribution in [1.82, 2.24) is 4.90 Å². The first-order chi connectivity index (χ1) is 17.6. The minimum absolute atomic E-state index is 0.0445. The van der Waals surface area contributed by atoms with Gasteiger partial charge in [-0.15, -0.1) is 0 Å². The van der Waals surface area contributed by atoms with Crippen LogP contribution in [0.15, 0.2) is 72.8 Å². The van der Waals surface area contributed by atoms with Gasteiger partial charge in [0.15, 0.2) is 6.29 Å². The molecule has 0 amide bonds. The van der Waals surface area contributed by atoms with Gasteiger partial charge in [-0.2, -0.15) is 0 Å². The third-order valence-electron chi connectivity index (χ3n) is 7.67. The number of nitrogens with zero attached hydrogens (tertiary/aromatic N) is 1. The monoisotopic (exact) mass is 486 g/mol. The van der Waals surface area contributed by atoms with Crippen LogP contribution in [0.5, 0.6) is 0 Å². The molecule has 3 aromatic carbocycles. The van der Waals surface area contributed by atoms with E-state index in [1.54, 1.807) is 0 Å². The van der Waals surface area contributed by atoms with Crippen LogP contribution in [-0.4, -0.2) is 35.7 Å². The van der Waals surface area contributed by atoms with Gasteiger partial charge >= 0.3 is 0 Å². The minimum atomic E-state index is -0.448. The van der Waals surface area contributed by atoms with Crippen LogP contribution in [0.1, 0.15) is 60.8 Å². The summed E-state index contributed by atoms with van der Waals surface area (Å²) in [4.78, 5) is 2.55. The van der Waals surface area contributed by atoms with E-state index in [1.165, 1.54) is 19.3 Å². The van der Waals surface area contributed by atoms with Gasteiger partial charge in [0.2, 0.25) is 0 Å². The number of ether oxygens (including phenoxy) is 2. The van der Waals surface area contributed by atoms with Gasteiger partial charge in [-0.1, -0.05) is 74.0 Å². The van der Waals surface area contributed by atoms with E-state index in [4.69, 9.17) is 15.2 Å². The molecular formula is C31H38N2O3. The second-order valence-electron chi connectivity index (χ2n) is 10.2. The topological polar surface area (TPSA) is 68.0 Å². The summed E-state index contributed by atoms with van der Waals surface area (Å²) in [7, 11) is 0. The first kappa shape index (κ1) is 25.1. The number of nitrogens with two attached hydrogens (primary N) is 1. The van der Waals surface area contributed by atoms with Crippen molar-refractivity contribution in [2.75, 3.05) is 19.6 Å². The van der Waals surface area contributed by atoms with Crippen LogP contribution >= 0.6 is 0 Å². The van der Waals surface area contributed by atoms with Crippen LogP contribution in [0.3, 0.4) is 0 Å². The van der Waals surface area contributed by atoms with E-state index in [1.807, 2.05) is 12.1 Å². The molecule has 5 heteroatoms. The number of hydrogen-bond donors (Lipinski definition) is 2. The lowest BCUT2D eigenvalue weighted by molar-refractivity contribution is -0.276. The van der Waals surface area contributed by atoms with E-state index in [2.05, 4.69) is 72.5 Å². The van der Waals surface area contributed by atoms with Crippen molar-refractivity contribution in [3.05, 3.63) is 95.1 Å². The van der Waals surface area contributed by atoms with Crippen LogP contribution in [0.4, 0.5) is 0 Å². The number of piperidine rings is 1. The van der Waals surface area contributed by atoms with Gasteiger partial charge in [0, 0.05) is 24.6 Å². The third-order valence-corrected chi connectivity index (χ3v) is 7.67. The van der Waals surface area contributed by atoms with E-state index in [-0.39, 0.29) is 24.7 Å². The molecule has 0 saturated carbocycles. The number of aliphatic hydroxyl groups is 1. The number of aliphatic hydroxyl groups excluding tert-OH is 1. The molecule has 3 N–H and O–H groups in total. The Bertz CT molecular complexity index is 1130. The molecule has 5 rings (SSSR count). The van der Waals surface area contributed by atoms with Crippen molar-refractivity contribution in [1.29, 1.82) is 0 Å². The standard InChI is InChI=1S/C31H38N2O3/c1-22-29(20-33-15-3-2-4-16-33)35-31(36-30(22)25-13-11-23(21-34)12-14-25)28-10-6-9-27(18-28)26-8-5-7-24(17-26)19-32/h5-14,17-18,22,29-31,34H,2-4,15-16,19-21,32H2,1H3. The fraction of sp³-hybridized carbons (Fsp3) is 0.419. The number of benzene rings is 3. The lowest BCUT2D eigenvalue weighted by atomic mass is 9.89. The van der Waals surface area contributed by atoms with Gasteiger partial charge in [0.25, 0.3) is 0 Å². The molecule has 2 heterocycles. The molecule has 2 aliphatic rings. The molecule has 0 aliphatic carbocycles. The Morgan fingerprint density at radius 3 is 2.28 bits per heavy atom. The molecular weight excluding hydrogens is 448 g/mol. The smallest absolute Gasteiger partial charge is 0.184 e. The first-order valence-electron chi connectivity index (χ1n) is 13.3. The lowest BCUT2D eigenvalue weighted by Crippen LogP contribution is -2.45. The highest BCUT2D eigenvalue weighted by Gasteiger charge is 2.39. The van der Waals surface area contributed by atoms with E-state index in [9.17, 15) is 5.11 Å². The molecule has 5 nitrogen and oxygen atoms in total. The predicted octanol–water partition coefficient (Wildman–Crippen LogP) is 5.58. The molecule has 0 bridgehead atoms. The summed E-state index contributed by atoms with van der Waals surface area (Å²) in [5.74, 6) is 0.201. The van der Waals surface area contributed by atoms with E-state index >= 15 is 0 Å². The quantitative estimate of drug-likeness (QED) is 0.456. The van der Waals surface area contributed by atoms with Crippen molar-refractivity contribution in [3.63, 3.8) is 0 Å². The Balaban J connectivity index is 1.44. The Hall–Kier alpha value is -2.54. The largest absolute Gasteiger partial charge is 0.392 e. The summed E-state index contributed by atoms with van der Waals surface area (Å²) in [6.07, 6.45) is 3.37. The maximum Gasteiger partial charge on any atom is 0.184 e. The minimum Gasteiger partial charge on any atom is -0.392 e. The van der Waals surface area contributed by atoms with E-state index in [0.29, 0.717) is 6.54 Å². The zero-order valence-electron chi connectivity index (χ0n) is 21.2. The van der Waals surface area contributed by atoms with Gasteiger partial charge in [-0.3, -0.25) is 0 Å². The summed E-state index contributed by atoms with van der Waals surface area (Å²) in [5, 5.41) is 9.50. The fourth-order valence-corrected chi connectivity index (χ4v) is 5.47. The molecule has 2 aliphatic heterocycles. The van der Waals surface area contributed by atoms with Gasteiger partial charge in [-0.05, 0) is 65.9 Å². The highest BCUT2D eigenvalue weighted by molar-refractivity contribution is 5.65. The predicted molar refractivity (Wildman–Crippen MR) is 143 cm³/mol. The summed E-state index contributed by atoms with van der Waals surface area (Å²) < 4.78 is 13.4. The summed E-state index contributed by atoms with van der Waals surface area (Å²) in [5.41, 5.74) is 12.3. The molecule has 4 atom stereocenters. The summed E-state index contributed by atoms with van der Waals surface area (Å²) in [6.45, 7) is 6.01. The van der Waals surface area contributed by atoms with Crippen molar-refractivity contribution in [2.24, 2.45) is 11.7 Å². The zero-order valence-corrected chi connectivity index (χ0v) is 21.2. The molecule has 190 valence electrons. The second kappa shape index (κ2) is 11.7. The third kappa shape index (κ3) is 5.72. The summed E-state index contributed by atoms with van der Waals surface area (Å²) >= 11 is 0. The zero-order chi connectivity index (χ0) is 24.9. The Morgan fingerprint density at radius 2 is 1.56 bits per heavy atom. The molecule has 2 fully saturated rings. The molecule has 0 radical (unpaired) electrons. The lowest BCUT2D eigenvalue weighted by Gasteiger charge is -2.43. The highest BCUT2D eigenvalue weighted by Crippen LogP contribution is 2.42. The number of rotatable bonds is 7. The molecule has 36 heavy (non-hydrogen) atoms. The Kier molecular flexibility index (Phi) is 8.15. The Morgan fingerprint density at radius 1 is 0.833 bits per heavy atom. The van der Waals surface area contributed by atoms with Gasteiger partial charge < -0.3 is 25.2 Å². The molecule has 0 spiro atoms. The highest BCUT2D eigenvalue weighted by atomic mass is 16.7. The molecule has 2 saturated heterocycles. The van der Waals surface area contributed by atoms with Crippen LogP contribution in [-0.2, 0) is 22.6 Å². The summed E-state index contributed by atoms with van der Waals surface area (Å²) in [6, 6.07) is 25.0. The maximum absolute atomic E-state index is 9.50. The average Bonchev–Trinajstić information content (AvgIpc) is 2.95. The molecule has 4 unspecified atom stereocenters. The first-order valence-corrected chi connectivity index (χ1v) is 13.3. The molecule has 3 aromatic rings. The van der Waals surface area contributed by atoms with Gasteiger partial charge in [-0.25, -0.2) is 0 Å². The second-order valence-corrected chi connectivity index (χ2v) is 10.2. The van der Waals surface area contributed by atoms with E-state index in [0.717, 1.165) is 53.0 Å². The number of hydrogen-bond acceptors (Lipinski definition) is 5. The fourth-order valence-electron chi connectivity index (χ4n) is 5.47. The van der Waals surface area contributed by atoms with Gasteiger partial charge in [0.1, 0.15) is 0 Å². The normalized spacial score (nSPS) is 25.1. The van der Waals surface area contributed by atoms with Crippen LogP contribution in [0, 0.1) is 5.92 Å². The van der Waals surface area contributed by atoms with Crippen LogP contribution in [0.25, 0.3) is 11.1 Å². The number of likely N-dealkylation sites (tertiary alicyclic amines) is 1. The van der Waals surface area contributed by atoms with E-state index < -0.39 is 6.29 Å². The van der Waals surface area contributed by atoms with Crippen molar-refractivity contribution in [3.8, 4) is 11.1 Å².